The van der Waals surface area contributed by atoms with E-state index in [2.05, 4.69) is 0 Å². The van der Waals surface area contributed by atoms with E-state index < -0.39 is 5.37 Å². The zero-order valence-electron chi connectivity index (χ0n) is 11.8. The van der Waals surface area contributed by atoms with E-state index in [4.69, 9.17) is 16.3 Å². The fourth-order valence-electron chi connectivity index (χ4n) is 2.41. The Labute approximate surface area is 137 Å². The Kier molecular flexibility index (Phi) is 4.27. The van der Waals surface area contributed by atoms with Crippen LogP contribution in [0.4, 0.5) is 10.1 Å². The van der Waals surface area contributed by atoms with Gasteiger partial charge in [-0.05, 0) is 24.3 Å². The molecule has 3 nitrogen and oxygen atoms in total. The second-order valence-electron chi connectivity index (χ2n) is 4.77. The Bertz CT molecular complexity index is 725. The van der Waals surface area contributed by atoms with Crippen LogP contribution < -0.4 is 9.64 Å². The zero-order valence-corrected chi connectivity index (χ0v) is 13.3. The van der Waals surface area contributed by atoms with Gasteiger partial charge in [-0.3, -0.25) is 9.69 Å². The topological polar surface area (TPSA) is 29.5 Å². The second-order valence-corrected chi connectivity index (χ2v) is 6.24. The molecule has 0 spiro atoms. The lowest BCUT2D eigenvalue weighted by Crippen LogP contribution is -2.28. The van der Waals surface area contributed by atoms with Gasteiger partial charge in [0.2, 0.25) is 5.91 Å². The van der Waals surface area contributed by atoms with Gasteiger partial charge in [0.1, 0.15) is 16.9 Å². The quantitative estimate of drug-likeness (QED) is 0.837. The monoisotopic (exact) mass is 337 g/mol. The third-order valence-corrected chi connectivity index (χ3v) is 4.94. The van der Waals surface area contributed by atoms with Crippen molar-refractivity contribution in [3.05, 3.63) is 58.9 Å². The standard InChI is InChI=1S/C16H13ClFNO2S/c1-21-14-7-6-10(8-12(14)17)19-15(20)9-22-16(19)11-4-2-3-5-13(11)18/h2-8,16H,9H2,1H3. The Hall–Kier alpha value is -1.72. The molecule has 2 aromatic carbocycles. The molecule has 22 heavy (non-hydrogen) atoms. The molecular formula is C16H13ClFNO2S. The molecule has 0 bridgehead atoms. The molecule has 0 aromatic heterocycles. The lowest BCUT2D eigenvalue weighted by Gasteiger charge is -2.25. The highest BCUT2D eigenvalue weighted by Crippen LogP contribution is 2.43. The Balaban J connectivity index is 2.01. The molecule has 0 radical (unpaired) electrons. The number of halogens is 2. The molecule has 1 heterocycles. The minimum Gasteiger partial charge on any atom is -0.495 e. The van der Waals surface area contributed by atoms with Crippen LogP contribution in [0.1, 0.15) is 10.9 Å². The van der Waals surface area contributed by atoms with Crippen molar-refractivity contribution in [2.45, 2.75) is 5.37 Å². The number of thioether (sulfide) groups is 1. The summed E-state index contributed by atoms with van der Waals surface area (Å²) in [6, 6.07) is 11.6. The normalized spacial score (nSPS) is 17.9. The average Bonchev–Trinajstić information content (AvgIpc) is 2.89. The van der Waals surface area contributed by atoms with E-state index in [1.54, 1.807) is 41.3 Å². The minimum absolute atomic E-state index is 0.0699. The van der Waals surface area contributed by atoms with Crippen LogP contribution in [0.15, 0.2) is 42.5 Å². The highest BCUT2D eigenvalue weighted by molar-refractivity contribution is 8.00. The summed E-state index contributed by atoms with van der Waals surface area (Å²) >= 11 is 7.54. The van der Waals surface area contributed by atoms with Crippen LogP contribution >= 0.6 is 23.4 Å². The number of rotatable bonds is 3. The van der Waals surface area contributed by atoms with Crippen molar-refractivity contribution in [1.29, 1.82) is 0 Å². The first kappa shape index (κ1) is 15.2. The van der Waals surface area contributed by atoms with Gasteiger partial charge in [0.05, 0.1) is 17.9 Å². The van der Waals surface area contributed by atoms with E-state index in [9.17, 15) is 9.18 Å². The maximum absolute atomic E-state index is 14.1. The third kappa shape index (κ3) is 2.66. The number of hydrogen-bond donors (Lipinski definition) is 0. The van der Waals surface area contributed by atoms with Crippen molar-refractivity contribution in [2.24, 2.45) is 0 Å². The highest BCUT2D eigenvalue weighted by atomic mass is 35.5. The van der Waals surface area contributed by atoms with Gasteiger partial charge in [-0.2, -0.15) is 0 Å². The lowest BCUT2D eigenvalue weighted by molar-refractivity contribution is -0.115. The van der Waals surface area contributed by atoms with Crippen molar-refractivity contribution in [3.8, 4) is 5.75 Å². The molecule has 1 atom stereocenters. The van der Waals surface area contributed by atoms with E-state index in [0.717, 1.165) is 0 Å². The first-order chi connectivity index (χ1) is 10.6. The summed E-state index contributed by atoms with van der Waals surface area (Å²) in [5, 5.41) is 0.0233. The van der Waals surface area contributed by atoms with Gasteiger partial charge >= 0.3 is 0 Å². The van der Waals surface area contributed by atoms with Crippen molar-refractivity contribution in [3.63, 3.8) is 0 Å². The fourth-order valence-corrected chi connectivity index (χ4v) is 3.86. The van der Waals surface area contributed by atoms with Crippen LogP contribution in [0, 0.1) is 5.82 Å². The molecule has 0 N–H and O–H groups in total. The molecular weight excluding hydrogens is 325 g/mol. The van der Waals surface area contributed by atoms with Crippen LogP contribution in [-0.4, -0.2) is 18.8 Å². The van der Waals surface area contributed by atoms with Gasteiger partial charge in [0, 0.05) is 11.3 Å². The number of anilines is 1. The van der Waals surface area contributed by atoms with Crippen molar-refractivity contribution >= 4 is 35.0 Å². The van der Waals surface area contributed by atoms with E-state index in [1.807, 2.05) is 0 Å². The maximum atomic E-state index is 14.1. The largest absolute Gasteiger partial charge is 0.495 e. The first-order valence-corrected chi connectivity index (χ1v) is 8.06. The molecule has 6 heteroatoms. The number of carbonyl (C=O) groups is 1. The number of methoxy groups -OCH3 is 1. The summed E-state index contributed by atoms with van der Waals surface area (Å²) in [5.74, 6) is 0.453. The molecule has 114 valence electrons. The van der Waals surface area contributed by atoms with Gasteiger partial charge in [-0.25, -0.2) is 4.39 Å². The summed E-state index contributed by atoms with van der Waals surface area (Å²) < 4.78 is 19.2. The average molecular weight is 338 g/mol. The lowest BCUT2D eigenvalue weighted by atomic mass is 10.1. The smallest absolute Gasteiger partial charge is 0.238 e. The summed E-state index contributed by atoms with van der Waals surface area (Å²) in [6.07, 6.45) is 0. The van der Waals surface area contributed by atoms with Crippen LogP contribution in [0.3, 0.4) is 0 Å². The van der Waals surface area contributed by atoms with Gasteiger partial charge in [-0.15, -0.1) is 11.8 Å². The molecule has 1 amide bonds. The SMILES string of the molecule is COc1ccc(N2C(=O)CSC2c2ccccc2F)cc1Cl. The predicted molar refractivity (Wildman–Crippen MR) is 87.1 cm³/mol. The summed E-state index contributed by atoms with van der Waals surface area (Å²) in [6.45, 7) is 0. The fraction of sp³-hybridized carbons (Fsp3) is 0.188. The zero-order chi connectivity index (χ0) is 15.7. The number of benzene rings is 2. The summed E-state index contributed by atoms with van der Waals surface area (Å²) in [7, 11) is 1.53. The number of ether oxygens (including phenoxy) is 1. The number of nitrogens with zero attached hydrogens (tertiary/aromatic N) is 1. The van der Waals surface area contributed by atoms with Crippen LogP contribution in [-0.2, 0) is 4.79 Å². The number of carbonyl (C=O) groups excluding carboxylic acids is 1. The van der Waals surface area contributed by atoms with E-state index in [0.29, 0.717) is 27.8 Å². The second kappa shape index (κ2) is 6.18. The molecule has 1 aliphatic heterocycles. The van der Waals surface area contributed by atoms with Crippen LogP contribution in [0.2, 0.25) is 5.02 Å². The molecule has 1 fully saturated rings. The summed E-state index contributed by atoms with van der Waals surface area (Å²) in [4.78, 5) is 13.8. The van der Waals surface area contributed by atoms with Gasteiger partial charge in [0.15, 0.2) is 0 Å². The Morgan fingerprint density at radius 1 is 1.32 bits per heavy atom. The molecule has 1 unspecified atom stereocenters. The number of amides is 1. The van der Waals surface area contributed by atoms with E-state index in [-0.39, 0.29) is 11.7 Å². The highest BCUT2D eigenvalue weighted by Gasteiger charge is 2.35. The van der Waals surface area contributed by atoms with Crippen molar-refractivity contribution in [1.82, 2.24) is 0 Å². The predicted octanol–water partition coefficient (Wildman–Crippen LogP) is 4.27. The van der Waals surface area contributed by atoms with Crippen molar-refractivity contribution in [2.75, 3.05) is 17.8 Å². The summed E-state index contributed by atoms with van der Waals surface area (Å²) in [5.41, 5.74) is 1.12. The molecule has 1 saturated heterocycles. The minimum atomic E-state index is -0.391. The van der Waals surface area contributed by atoms with E-state index in [1.165, 1.54) is 24.9 Å². The number of hydrogen-bond acceptors (Lipinski definition) is 3. The van der Waals surface area contributed by atoms with Gasteiger partial charge in [0.25, 0.3) is 0 Å². The van der Waals surface area contributed by atoms with Crippen molar-refractivity contribution < 1.29 is 13.9 Å². The molecule has 0 saturated carbocycles. The Morgan fingerprint density at radius 3 is 2.77 bits per heavy atom. The molecule has 2 aromatic rings. The van der Waals surface area contributed by atoms with Gasteiger partial charge in [-0.1, -0.05) is 29.8 Å². The maximum Gasteiger partial charge on any atom is 0.238 e. The van der Waals surface area contributed by atoms with Crippen LogP contribution in [0.5, 0.6) is 5.75 Å². The van der Waals surface area contributed by atoms with Crippen LogP contribution in [0.25, 0.3) is 0 Å². The molecule has 0 aliphatic carbocycles. The third-order valence-electron chi connectivity index (χ3n) is 3.45. The van der Waals surface area contributed by atoms with E-state index >= 15 is 0 Å². The molecule has 1 aliphatic rings. The Morgan fingerprint density at radius 2 is 2.09 bits per heavy atom. The van der Waals surface area contributed by atoms with Gasteiger partial charge < -0.3 is 4.74 Å². The molecule has 3 rings (SSSR count). The first-order valence-electron chi connectivity index (χ1n) is 6.63.